The molecule has 1 atom stereocenters. The average Bonchev–Trinajstić information content (AvgIpc) is 2.38. The zero-order chi connectivity index (χ0) is 13.1. The number of nitrogens with two attached hydrogens (primary N) is 1. The Morgan fingerprint density at radius 2 is 2.39 bits per heavy atom. The van der Waals surface area contributed by atoms with Gasteiger partial charge in [0.25, 0.3) is 0 Å². The maximum atomic E-state index is 5.86. The summed E-state index contributed by atoms with van der Waals surface area (Å²) in [6.07, 6.45) is 1.21. The summed E-state index contributed by atoms with van der Waals surface area (Å²) >= 11 is 10.8. The maximum Gasteiger partial charge on any atom is 0.107 e. The lowest BCUT2D eigenvalue weighted by Crippen LogP contribution is -2.38. The van der Waals surface area contributed by atoms with E-state index < -0.39 is 0 Å². The number of thioether (sulfide) groups is 1. The third kappa shape index (κ3) is 3.00. The van der Waals surface area contributed by atoms with E-state index in [4.69, 9.17) is 18.0 Å². The van der Waals surface area contributed by atoms with Crippen LogP contribution in [-0.2, 0) is 0 Å². The zero-order valence-corrected chi connectivity index (χ0v) is 13.6. The Hall–Kier alpha value is -0.260. The van der Waals surface area contributed by atoms with Crippen LogP contribution in [0.3, 0.4) is 0 Å². The molecule has 0 amide bonds. The highest BCUT2D eigenvalue weighted by atomic mass is 79.9. The van der Waals surface area contributed by atoms with Gasteiger partial charge in [-0.15, -0.1) is 0 Å². The molecule has 98 valence electrons. The largest absolute Gasteiger partial charge is 0.389 e. The van der Waals surface area contributed by atoms with Crippen molar-refractivity contribution >= 4 is 50.6 Å². The third-order valence-corrected chi connectivity index (χ3v) is 5.41. The van der Waals surface area contributed by atoms with Gasteiger partial charge < -0.3 is 10.6 Å². The fourth-order valence-electron chi connectivity index (χ4n) is 2.21. The van der Waals surface area contributed by atoms with Crippen molar-refractivity contribution in [3.05, 3.63) is 28.2 Å². The Balaban J connectivity index is 2.32. The van der Waals surface area contributed by atoms with Gasteiger partial charge in [0, 0.05) is 39.8 Å². The van der Waals surface area contributed by atoms with Crippen molar-refractivity contribution < 1.29 is 0 Å². The Kier molecular flexibility index (Phi) is 4.92. The van der Waals surface area contributed by atoms with E-state index in [9.17, 15) is 0 Å². The molecular formula is C13H17BrN2S2. The minimum Gasteiger partial charge on any atom is -0.389 e. The number of rotatable bonds is 3. The molecule has 18 heavy (non-hydrogen) atoms. The molecule has 1 unspecified atom stereocenters. The predicted molar refractivity (Wildman–Crippen MR) is 88.8 cm³/mol. The van der Waals surface area contributed by atoms with Crippen molar-refractivity contribution in [1.29, 1.82) is 0 Å². The van der Waals surface area contributed by atoms with Gasteiger partial charge in [0.1, 0.15) is 4.99 Å². The van der Waals surface area contributed by atoms with Gasteiger partial charge in [0.05, 0.1) is 0 Å². The van der Waals surface area contributed by atoms with Crippen LogP contribution in [0.1, 0.15) is 18.9 Å². The topological polar surface area (TPSA) is 29.3 Å². The highest BCUT2D eigenvalue weighted by Gasteiger charge is 2.22. The Morgan fingerprint density at radius 3 is 3.06 bits per heavy atom. The molecule has 2 N–H and O–H groups in total. The first kappa shape index (κ1) is 14.2. The molecular weight excluding hydrogens is 328 g/mol. The first-order valence-corrected chi connectivity index (χ1v) is 8.33. The molecule has 0 spiro atoms. The highest BCUT2D eigenvalue weighted by molar-refractivity contribution is 9.10. The molecule has 2 rings (SSSR count). The fourth-order valence-corrected chi connectivity index (χ4v) is 4.30. The molecule has 5 heteroatoms. The smallest absolute Gasteiger partial charge is 0.107 e. The minimum absolute atomic E-state index is 0.462. The monoisotopic (exact) mass is 344 g/mol. The normalized spacial score (nSPS) is 19.9. The third-order valence-electron chi connectivity index (χ3n) is 3.17. The number of halogens is 1. The first-order chi connectivity index (χ1) is 8.63. The number of anilines is 1. The van der Waals surface area contributed by atoms with E-state index in [0.29, 0.717) is 10.2 Å². The molecule has 1 aliphatic heterocycles. The molecule has 0 radical (unpaired) electrons. The van der Waals surface area contributed by atoms with E-state index in [1.165, 1.54) is 12.2 Å². The molecule has 2 nitrogen and oxygen atoms in total. The number of thiocarbonyl (C=S) groups is 1. The molecule has 1 saturated heterocycles. The summed E-state index contributed by atoms with van der Waals surface area (Å²) in [7, 11) is 0. The Labute approximate surface area is 126 Å². The summed E-state index contributed by atoms with van der Waals surface area (Å²) in [5.74, 6) is 1.17. The summed E-state index contributed by atoms with van der Waals surface area (Å²) < 4.78 is 0.985. The van der Waals surface area contributed by atoms with Gasteiger partial charge >= 0.3 is 0 Å². The summed E-state index contributed by atoms with van der Waals surface area (Å²) in [6.45, 7) is 4.39. The molecule has 0 aromatic heterocycles. The predicted octanol–water partition coefficient (Wildman–Crippen LogP) is 3.42. The van der Waals surface area contributed by atoms with E-state index in [1.54, 1.807) is 0 Å². The SMILES string of the molecule is CCC1CN(c2cccc(Br)c2C(N)=S)CCS1. The van der Waals surface area contributed by atoms with Crippen molar-refractivity contribution in [2.75, 3.05) is 23.7 Å². The second-order valence-corrected chi connectivity index (χ2v) is 7.05. The van der Waals surface area contributed by atoms with Crippen molar-refractivity contribution in [3.63, 3.8) is 0 Å². The molecule has 0 saturated carbocycles. The van der Waals surface area contributed by atoms with Crippen LogP contribution in [0.2, 0.25) is 0 Å². The van der Waals surface area contributed by atoms with Gasteiger partial charge in [-0.05, 0) is 34.5 Å². The van der Waals surface area contributed by atoms with Crippen LogP contribution >= 0.6 is 39.9 Å². The van der Waals surface area contributed by atoms with Crippen LogP contribution in [0.15, 0.2) is 22.7 Å². The highest BCUT2D eigenvalue weighted by Crippen LogP contribution is 2.31. The van der Waals surface area contributed by atoms with Crippen LogP contribution in [0.4, 0.5) is 5.69 Å². The van der Waals surface area contributed by atoms with E-state index in [-0.39, 0.29) is 0 Å². The molecule has 1 aromatic rings. The second kappa shape index (κ2) is 6.26. The van der Waals surface area contributed by atoms with Crippen molar-refractivity contribution in [3.8, 4) is 0 Å². The summed E-state index contributed by atoms with van der Waals surface area (Å²) in [4.78, 5) is 2.87. The van der Waals surface area contributed by atoms with E-state index in [0.717, 1.165) is 28.8 Å². The van der Waals surface area contributed by atoms with Crippen LogP contribution in [0, 0.1) is 0 Å². The van der Waals surface area contributed by atoms with E-state index >= 15 is 0 Å². The molecule has 1 fully saturated rings. The molecule has 1 aliphatic rings. The van der Waals surface area contributed by atoms with Gasteiger partial charge in [-0.3, -0.25) is 0 Å². The molecule has 0 aliphatic carbocycles. The lowest BCUT2D eigenvalue weighted by atomic mass is 10.1. The Bertz CT molecular complexity index is 451. The second-order valence-electron chi connectivity index (χ2n) is 4.35. The van der Waals surface area contributed by atoms with Crippen LogP contribution in [0.25, 0.3) is 0 Å². The first-order valence-electron chi connectivity index (χ1n) is 6.08. The maximum absolute atomic E-state index is 5.86. The lowest BCUT2D eigenvalue weighted by Gasteiger charge is -2.35. The molecule has 0 bridgehead atoms. The van der Waals surface area contributed by atoms with Gasteiger partial charge in [0.15, 0.2) is 0 Å². The van der Waals surface area contributed by atoms with Crippen molar-refractivity contribution in [2.45, 2.75) is 18.6 Å². The van der Waals surface area contributed by atoms with Gasteiger partial charge in [-0.1, -0.05) is 25.2 Å². The zero-order valence-electron chi connectivity index (χ0n) is 10.4. The summed E-state index contributed by atoms with van der Waals surface area (Å²) in [6, 6.07) is 6.15. The fraction of sp³-hybridized carbons (Fsp3) is 0.462. The molecule has 1 aromatic carbocycles. The van der Waals surface area contributed by atoms with E-state index in [1.807, 2.05) is 12.1 Å². The minimum atomic E-state index is 0.462. The summed E-state index contributed by atoms with van der Waals surface area (Å²) in [5, 5.41) is 0.705. The quantitative estimate of drug-likeness (QED) is 0.850. The van der Waals surface area contributed by atoms with Crippen LogP contribution in [0.5, 0.6) is 0 Å². The Morgan fingerprint density at radius 1 is 1.61 bits per heavy atom. The number of hydrogen-bond donors (Lipinski definition) is 1. The van der Waals surface area contributed by atoms with Crippen molar-refractivity contribution in [2.24, 2.45) is 5.73 Å². The van der Waals surface area contributed by atoms with Gasteiger partial charge in [0.2, 0.25) is 0 Å². The van der Waals surface area contributed by atoms with E-state index in [2.05, 4.69) is 45.6 Å². The van der Waals surface area contributed by atoms with Gasteiger partial charge in [-0.2, -0.15) is 11.8 Å². The lowest BCUT2D eigenvalue weighted by molar-refractivity contribution is 0.728. The average molecular weight is 345 g/mol. The van der Waals surface area contributed by atoms with Crippen LogP contribution < -0.4 is 10.6 Å². The number of nitrogens with zero attached hydrogens (tertiary/aromatic N) is 1. The number of hydrogen-bond acceptors (Lipinski definition) is 3. The molecule has 1 heterocycles. The number of benzene rings is 1. The van der Waals surface area contributed by atoms with Gasteiger partial charge in [-0.25, -0.2) is 0 Å². The standard InChI is InChI=1S/C13H17BrN2S2/c1-2-9-8-16(6-7-18-9)11-5-3-4-10(14)12(11)13(15)17/h3-5,9H,2,6-8H2,1H3,(H2,15,17). The summed E-state index contributed by atoms with van der Waals surface area (Å²) in [5.41, 5.74) is 7.99. The van der Waals surface area contributed by atoms with Crippen molar-refractivity contribution in [1.82, 2.24) is 0 Å². The van der Waals surface area contributed by atoms with Crippen LogP contribution in [-0.4, -0.2) is 29.1 Å².